The van der Waals surface area contributed by atoms with E-state index in [0.29, 0.717) is 16.4 Å². The molecule has 0 saturated heterocycles. The van der Waals surface area contributed by atoms with Crippen LogP contribution in [-0.4, -0.2) is 16.5 Å². The summed E-state index contributed by atoms with van der Waals surface area (Å²) < 4.78 is 0. The molecule has 1 aromatic heterocycles. The third-order valence-electron chi connectivity index (χ3n) is 5.88. The van der Waals surface area contributed by atoms with Crippen molar-refractivity contribution in [3.8, 4) is 0 Å². The summed E-state index contributed by atoms with van der Waals surface area (Å²) in [6, 6.07) is 3.49. The van der Waals surface area contributed by atoms with Gasteiger partial charge in [0.1, 0.15) is 0 Å². The van der Waals surface area contributed by atoms with Gasteiger partial charge in [-0.15, -0.1) is 17.9 Å². The minimum absolute atomic E-state index is 0. The molecule has 0 spiro atoms. The van der Waals surface area contributed by atoms with E-state index in [4.69, 9.17) is 4.84 Å². The molecule has 1 heterocycles. The lowest BCUT2D eigenvalue weighted by Gasteiger charge is -2.64. The quantitative estimate of drug-likeness (QED) is 0.850. The normalized spacial score (nSPS) is 40.5. The number of aromatic nitrogens is 1. The maximum absolute atomic E-state index is 12.2. The highest BCUT2D eigenvalue weighted by Crippen LogP contribution is 2.66. The summed E-state index contributed by atoms with van der Waals surface area (Å²) in [5, 5.41) is 0. The molecule has 2 unspecified atom stereocenters. The van der Waals surface area contributed by atoms with Crippen molar-refractivity contribution in [2.24, 2.45) is 16.7 Å². The summed E-state index contributed by atoms with van der Waals surface area (Å²) in [4.78, 5) is 21.6. The number of hydroxylamine groups is 1. The lowest BCUT2D eigenvalue weighted by Crippen LogP contribution is -2.64. The molecule has 0 radical (unpaired) electrons. The second-order valence-corrected chi connectivity index (χ2v) is 8.64. The number of hydrogen-bond donors (Lipinski definition) is 1. The summed E-state index contributed by atoms with van der Waals surface area (Å²) in [6.07, 6.45) is 10.6. The molecule has 1 aromatic rings. The van der Waals surface area contributed by atoms with E-state index < -0.39 is 0 Å². The Kier molecular flexibility index (Phi) is 3.96. The molecule has 5 rings (SSSR count). The van der Waals surface area contributed by atoms with Gasteiger partial charge in [0.15, 0.2) is 0 Å². The number of halogens is 1. The molecular weight excluding hydrogens is 312 g/mol. The van der Waals surface area contributed by atoms with Gasteiger partial charge in [0.25, 0.3) is 0 Å². The fraction of sp³-hybridized carbons (Fsp3) is 0.667. The van der Waals surface area contributed by atoms with Crippen LogP contribution in [0.15, 0.2) is 24.5 Å². The van der Waals surface area contributed by atoms with Crippen LogP contribution < -0.4 is 5.48 Å². The first kappa shape index (κ1) is 16.7. The van der Waals surface area contributed by atoms with Crippen LogP contribution in [-0.2, 0) is 4.84 Å². The van der Waals surface area contributed by atoms with Gasteiger partial charge in [-0.25, -0.2) is 4.79 Å². The summed E-state index contributed by atoms with van der Waals surface area (Å²) in [5.74, 6) is 0.440. The maximum atomic E-state index is 12.2. The molecule has 0 aliphatic heterocycles. The van der Waals surface area contributed by atoms with Crippen LogP contribution in [0.3, 0.4) is 0 Å². The molecule has 4 aliphatic rings. The molecule has 2 atom stereocenters. The number of rotatable bonds is 3. The van der Waals surface area contributed by atoms with E-state index >= 15 is 0 Å². The monoisotopic (exact) mass is 336 g/mol. The average molecular weight is 337 g/mol. The Bertz CT molecular complexity index is 588. The fourth-order valence-corrected chi connectivity index (χ4v) is 6.26. The molecule has 4 nitrogen and oxygen atoms in total. The highest BCUT2D eigenvalue weighted by atomic mass is 35.5. The van der Waals surface area contributed by atoms with Gasteiger partial charge in [-0.2, -0.15) is 0 Å². The zero-order chi connectivity index (χ0) is 15.4. The SMILES string of the molecule is CC12CC3CC(C)(C1)CC(NOC(=O)c1cccnc1)(C3)C2.Cl. The van der Waals surface area contributed by atoms with E-state index in [1.807, 2.05) is 0 Å². The van der Waals surface area contributed by atoms with Crippen molar-refractivity contribution in [2.45, 2.75) is 57.9 Å². The Morgan fingerprint density at radius 1 is 1.22 bits per heavy atom. The van der Waals surface area contributed by atoms with E-state index in [1.54, 1.807) is 24.5 Å². The van der Waals surface area contributed by atoms with Crippen LogP contribution >= 0.6 is 12.4 Å². The topological polar surface area (TPSA) is 51.2 Å². The van der Waals surface area contributed by atoms with Crippen LogP contribution in [0.1, 0.15) is 62.7 Å². The zero-order valence-electron chi connectivity index (χ0n) is 13.8. The molecular formula is C18H25ClN2O2. The minimum Gasteiger partial charge on any atom is -0.366 e. The van der Waals surface area contributed by atoms with Gasteiger partial charge in [0.2, 0.25) is 0 Å². The molecule has 4 bridgehead atoms. The Labute approximate surface area is 143 Å². The van der Waals surface area contributed by atoms with E-state index in [2.05, 4.69) is 24.3 Å². The molecule has 4 aliphatic carbocycles. The molecule has 4 saturated carbocycles. The van der Waals surface area contributed by atoms with Gasteiger partial charge in [0.05, 0.1) is 11.1 Å². The third kappa shape index (κ3) is 2.99. The van der Waals surface area contributed by atoms with Crippen molar-refractivity contribution < 1.29 is 9.63 Å². The lowest BCUT2D eigenvalue weighted by atomic mass is 9.43. The predicted molar refractivity (Wildman–Crippen MR) is 90.2 cm³/mol. The predicted octanol–water partition coefficient (Wildman–Crippen LogP) is 3.91. The van der Waals surface area contributed by atoms with Crippen LogP contribution in [0, 0.1) is 16.7 Å². The average Bonchev–Trinajstić information content (AvgIpc) is 2.42. The number of nitrogens with zero attached hydrogens (tertiary/aromatic N) is 1. The second-order valence-electron chi connectivity index (χ2n) is 8.64. The first-order valence-corrected chi connectivity index (χ1v) is 8.28. The van der Waals surface area contributed by atoms with Crippen LogP contribution in [0.2, 0.25) is 0 Å². The van der Waals surface area contributed by atoms with Crippen molar-refractivity contribution in [2.75, 3.05) is 0 Å². The zero-order valence-corrected chi connectivity index (χ0v) is 14.6. The highest BCUT2D eigenvalue weighted by molar-refractivity contribution is 5.88. The number of carbonyl (C=O) groups is 1. The smallest absolute Gasteiger partial charge is 0.358 e. The maximum Gasteiger partial charge on any atom is 0.358 e. The summed E-state index contributed by atoms with van der Waals surface area (Å²) >= 11 is 0. The molecule has 126 valence electrons. The lowest BCUT2D eigenvalue weighted by molar-refractivity contribution is -0.152. The van der Waals surface area contributed by atoms with Crippen molar-refractivity contribution >= 4 is 18.4 Å². The summed E-state index contributed by atoms with van der Waals surface area (Å²) in [6.45, 7) is 4.82. The van der Waals surface area contributed by atoms with Crippen molar-refractivity contribution in [1.82, 2.24) is 10.5 Å². The van der Waals surface area contributed by atoms with E-state index in [9.17, 15) is 4.79 Å². The fourth-order valence-electron chi connectivity index (χ4n) is 6.26. The van der Waals surface area contributed by atoms with E-state index in [-0.39, 0.29) is 23.9 Å². The minimum atomic E-state index is -0.334. The number of carbonyl (C=O) groups excluding carboxylic acids is 1. The van der Waals surface area contributed by atoms with Gasteiger partial charge >= 0.3 is 5.97 Å². The highest BCUT2D eigenvalue weighted by Gasteiger charge is 2.60. The number of nitrogens with one attached hydrogen (secondary N) is 1. The Morgan fingerprint density at radius 3 is 2.48 bits per heavy atom. The van der Waals surface area contributed by atoms with Gasteiger partial charge in [-0.3, -0.25) is 4.98 Å². The van der Waals surface area contributed by atoms with Crippen LogP contribution in [0.25, 0.3) is 0 Å². The molecule has 4 fully saturated rings. The van der Waals surface area contributed by atoms with Crippen LogP contribution in [0.5, 0.6) is 0 Å². The Morgan fingerprint density at radius 2 is 1.91 bits per heavy atom. The van der Waals surface area contributed by atoms with Gasteiger partial charge in [-0.05, 0) is 67.4 Å². The molecule has 0 aromatic carbocycles. The van der Waals surface area contributed by atoms with E-state index in [0.717, 1.165) is 25.2 Å². The Balaban J connectivity index is 0.00000156. The van der Waals surface area contributed by atoms with Gasteiger partial charge in [-0.1, -0.05) is 13.8 Å². The second kappa shape index (κ2) is 5.45. The number of pyridine rings is 1. The molecule has 1 N–H and O–H groups in total. The summed E-state index contributed by atoms with van der Waals surface area (Å²) in [7, 11) is 0. The molecule has 23 heavy (non-hydrogen) atoms. The number of hydrogen-bond acceptors (Lipinski definition) is 4. The van der Waals surface area contributed by atoms with Crippen molar-refractivity contribution in [3.63, 3.8) is 0 Å². The van der Waals surface area contributed by atoms with Gasteiger partial charge in [0, 0.05) is 12.4 Å². The Hall–Kier alpha value is -1.13. The standard InChI is InChI=1S/C18H24N2O2.ClH/c1-16-6-13-7-17(2,10-16)12-18(8-13,11-16)20-22-15(21)14-4-3-5-19-9-14;/h3-5,9,13,20H,6-8,10-12H2,1-2H3;1H. The van der Waals surface area contributed by atoms with Crippen molar-refractivity contribution in [3.05, 3.63) is 30.1 Å². The third-order valence-corrected chi connectivity index (χ3v) is 5.88. The van der Waals surface area contributed by atoms with Crippen molar-refractivity contribution in [1.29, 1.82) is 0 Å². The van der Waals surface area contributed by atoms with Gasteiger partial charge < -0.3 is 4.84 Å². The molecule has 0 amide bonds. The first-order valence-electron chi connectivity index (χ1n) is 8.28. The summed E-state index contributed by atoms with van der Waals surface area (Å²) in [5.41, 5.74) is 4.48. The van der Waals surface area contributed by atoms with E-state index in [1.165, 1.54) is 19.3 Å². The largest absolute Gasteiger partial charge is 0.366 e. The van der Waals surface area contributed by atoms with Crippen LogP contribution in [0.4, 0.5) is 0 Å². The first-order chi connectivity index (χ1) is 10.4. The molecule has 5 heteroatoms.